The van der Waals surface area contributed by atoms with Gasteiger partial charge in [-0.05, 0) is 38.2 Å². The summed E-state index contributed by atoms with van der Waals surface area (Å²) in [5.41, 5.74) is 1.98. The molecule has 1 aliphatic heterocycles. The second-order valence-corrected chi connectivity index (χ2v) is 6.57. The van der Waals surface area contributed by atoms with Crippen molar-refractivity contribution in [1.82, 2.24) is 9.80 Å². The maximum atomic E-state index is 12.7. The van der Waals surface area contributed by atoms with E-state index in [1.807, 2.05) is 4.90 Å². The summed E-state index contributed by atoms with van der Waals surface area (Å²) in [7, 11) is 0. The van der Waals surface area contributed by atoms with Crippen LogP contribution in [0.2, 0.25) is 0 Å². The van der Waals surface area contributed by atoms with Crippen LogP contribution in [0.5, 0.6) is 0 Å². The molecule has 1 aromatic heterocycles. The number of fused-ring (bicyclic) bond motifs is 1. The van der Waals surface area contributed by atoms with Gasteiger partial charge in [0.2, 0.25) is 0 Å². The van der Waals surface area contributed by atoms with Crippen LogP contribution in [0.25, 0.3) is 0 Å². The van der Waals surface area contributed by atoms with Crippen LogP contribution in [0.3, 0.4) is 0 Å². The van der Waals surface area contributed by atoms with Gasteiger partial charge in [-0.1, -0.05) is 0 Å². The predicted molar refractivity (Wildman–Crippen MR) is 84.3 cm³/mol. The molecule has 1 aliphatic carbocycles. The molecule has 2 aliphatic rings. The SMILES string of the molecule is CCOC(=O)N1CCN(C(=O)c2[c]sc3c2CCCC3)CC1. The first-order chi connectivity index (χ1) is 10.7. The van der Waals surface area contributed by atoms with E-state index >= 15 is 0 Å². The molecule has 0 N–H and O–H groups in total. The number of hydrogen-bond acceptors (Lipinski definition) is 4. The monoisotopic (exact) mass is 321 g/mol. The van der Waals surface area contributed by atoms with E-state index in [9.17, 15) is 9.59 Å². The summed E-state index contributed by atoms with van der Waals surface area (Å²) in [6.07, 6.45) is 4.18. The number of thiophene rings is 1. The van der Waals surface area contributed by atoms with E-state index in [-0.39, 0.29) is 12.0 Å². The van der Waals surface area contributed by atoms with Gasteiger partial charge in [-0.15, -0.1) is 11.3 Å². The molecular formula is C16H21N2O3S. The van der Waals surface area contributed by atoms with E-state index in [4.69, 9.17) is 4.74 Å². The molecule has 0 aromatic carbocycles. The Morgan fingerprint density at radius 2 is 1.82 bits per heavy atom. The number of amides is 2. The van der Waals surface area contributed by atoms with Crippen LogP contribution in [0, 0.1) is 5.38 Å². The van der Waals surface area contributed by atoms with Crippen molar-refractivity contribution in [2.75, 3.05) is 32.8 Å². The first-order valence-corrected chi connectivity index (χ1v) is 8.75. The van der Waals surface area contributed by atoms with Gasteiger partial charge in [0, 0.05) is 31.1 Å². The Labute approximate surface area is 134 Å². The Morgan fingerprint density at radius 1 is 1.14 bits per heavy atom. The zero-order valence-corrected chi connectivity index (χ0v) is 13.7. The van der Waals surface area contributed by atoms with Crippen LogP contribution in [0.4, 0.5) is 4.79 Å². The molecule has 1 aromatic rings. The number of nitrogens with zero attached hydrogens (tertiary/aromatic N) is 2. The number of aryl methyl sites for hydroxylation is 1. The third kappa shape index (κ3) is 2.97. The number of rotatable bonds is 2. The van der Waals surface area contributed by atoms with Crippen molar-refractivity contribution in [1.29, 1.82) is 0 Å². The van der Waals surface area contributed by atoms with Gasteiger partial charge in [-0.2, -0.15) is 0 Å². The molecule has 1 saturated heterocycles. The minimum Gasteiger partial charge on any atom is -0.450 e. The minimum atomic E-state index is -0.283. The zero-order valence-electron chi connectivity index (χ0n) is 12.9. The summed E-state index contributed by atoms with van der Waals surface area (Å²) < 4.78 is 5.00. The highest BCUT2D eigenvalue weighted by Crippen LogP contribution is 2.30. The van der Waals surface area contributed by atoms with E-state index in [0.717, 1.165) is 24.8 Å². The van der Waals surface area contributed by atoms with Crippen molar-refractivity contribution in [3.63, 3.8) is 0 Å². The molecule has 0 atom stereocenters. The highest BCUT2D eigenvalue weighted by atomic mass is 32.1. The molecule has 1 fully saturated rings. The fourth-order valence-electron chi connectivity index (χ4n) is 3.07. The Kier molecular flexibility index (Phi) is 4.66. The van der Waals surface area contributed by atoms with Crippen molar-refractivity contribution in [3.05, 3.63) is 21.4 Å². The Morgan fingerprint density at radius 3 is 2.55 bits per heavy atom. The third-order valence-electron chi connectivity index (χ3n) is 4.30. The Hall–Kier alpha value is -1.56. The molecule has 0 unspecified atom stereocenters. The fourth-order valence-corrected chi connectivity index (χ4v) is 4.08. The first kappa shape index (κ1) is 15.3. The van der Waals surface area contributed by atoms with Crippen LogP contribution >= 0.6 is 11.3 Å². The van der Waals surface area contributed by atoms with Gasteiger partial charge in [0.25, 0.3) is 5.91 Å². The molecule has 22 heavy (non-hydrogen) atoms. The van der Waals surface area contributed by atoms with Crippen LogP contribution in [-0.4, -0.2) is 54.6 Å². The van der Waals surface area contributed by atoms with Gasteiger partial charge in [-0.3, -0.25) is 4.79 Å². The van der Waals surface area contributed by atoms with Crippen LogP contribution in [0.1, 0.15) is 40.6 Å². The van der Waals surface area contributed by atoms with Crippen molar-refractivity contribution in [3.8, 4) is 0 Å². The molecule has 0 saturated carbocycles. The lowest BCUT2D eigenvalue weighted by molar-refractivity contribution is 0.0569. The molecule has 0 spiro atoms. The van der Waals surface area contributed by atoms with E-state index in [1.54, 1.807) is 23.2 Å². The summed E-state index contributed by atoms with van der Waals surface area (Å²) in [6.45, 7) is 4.39. The molecule has 5 nitrogen and oxygen atoms in total. The molecule has 3 rings (SSSR count). The van der Waals surface area contributed by atoms with Gasteiger partial charge in [-0.25, -0.2) is 4.79 Å². The quantitative estimate of drug-likeness (QED) is 0.840. The lowest BCUT2D eigenvalue weighted by Crippen LogP contribution is -2.50. The average molecular weight is 321 g/mol. The van der Waals surface area contributed by atoms with E-state index in [0.29, 0.717) is 32.8 Å². The van der Waals surface area contributed by atoms with Gasteiger partial charge in [0.15, 0.2) is 0 Å². The smallest absolute Gasteiger partial charge is 0.409 e. The fraction of sp³-hybridized carbons (Fsp3) is 0.625. The largest absolute Gasteiger partial charge is 0.450 e. The normalized spacial score (nSPS) is 18.0. The number of ether oxygens (including phenoxy) is 1. The van der Waals surface area contributed by atoms with E-state index < -0.39 is 0 Å². The second-order valence-electron chi connectivity index (χ2n) is 5.67. The summed E-state index contributed by atoms with van der Waals surface area (Å²) in [6, 6.07) is 0. The highest BCUT2D eigenvalue weighted by Gasteiger charge is 2.28. The molecule has 2 heterocycles. The summed E-state index contributed by atoms with van der Waals surface area (Å²) in [4.78, 5) is 29.2. The minimum absolute atomic E-state index is 0.0721. The topological polar surface area (TPSA) is 49.9 Å². The number of piperazine rings is 1. The Balaban J connectivity index is 1.63. The van der Waals surface area contributed by atoms with E-state index in [1.165, 1.54) is 16.9 Å². The number of hydrogen-bond donors (Lipinski definition) is 0. The lowest BCUT2D eigenvalue weighted by atomic mass is 9.95. The van der Waals surface area contributed by atoms with E-state index in [2.05, 4.69) is 5.38 Å². The standard InChI is InChI=1S/C16H21N2O3S/c1-2-21-16(20)18-9-7-17(8-10-18)15(19)13-11-22-14-6-4-3-5-12(13)14/h2-10H2,1H3. The molecule has 119 valence electrons. The summed E-state index contributed by atoms with van der Waals surface area (Å²) in [5, 5.41) is 3.21. The molecule has 1 radical (unpaired) electrons. The Bertz CT molecular complexity index is 562. The van der Waals surface area contributed by atoms with Gasteiger partial charge < -0.3 is 14.5 Å². The third-order valence-corrected chi connectivity index (χ3v) is 5.31. The van der Waals surface area contributed by atoms with Gasteiger partial charge in [0.1, 0.15) is 0 Å². The number of carbonyl (C=O) groups excluding carboxylic acids is 2. The lowest BCUT2D eigenvalue weighted by Gasteiger charge is -2.34. The summed E-state index contributed by atoms with van der Waals surface area (Å²) in [5.74, 6) is 0.0721. The van der Waals surface area contributed by atoms with Crippen LogP contribution in [-0.2, 0) is 17.6 Å². The van der Waals surface area contributed by atoms with Gasteiger partial charge in [0.05, 0.1) is 17.6 Å². The molecular weight excluding hydrogens is 300 g/mol. The molecule has 6 heteroatoms. The van der Waals surface area contributed by atoms with Crippen molar-refractivity contribution < 1.29 is 14.3 Å². The predicted octanol–water partition coefficient (Wildman–Crippen LogP) is 2.34. The zero-order chi connectivity index (χ0) is 15.5. The van der Waals surface area contributed by atoms with Gasteiger partial charge >= 0.3 is 6.09 Å². The average Bonchev–Trinajstić information content (AvgIpc) is 2.98. The maximum Gasteiger partial charge on any atom is 0.409 e. The molecule has 2 amide bonds. The highest BCUT2D eigenvalue weighted by molar-refractivity contribution is 7.10. The second kappa shape index (κ2) is 6.69. The van der Waals surface area contributed by atoms with Crippen LogP contribution < -0.4 is 0 Å². The number of carbonyl (C=O) groups is 2. The van der Waals surface area contributed by atoms with Crippen LogP contribution in [0.15, 0.2) is 0 Å². The van der Waals surface area contributed by atoms with Crippen molar-refractivity contribution >= 4 is 23.3 Å². The summed E-state index contributed by atoms with van der Waals surface area (Å²) >= 11 is 1.60. The van der Waals surface area contributed by atoms with Crippen molar-refractivity contribution in [2.45, 2.75) is 32.6 Å². The molecule has 0 bridgehead atoms. The maximum absolute atomic E-state index is 12.7. The first-order valence-electron chi connectivity index (χ1n) is 7.94. The van der Waals surface area contributed by atoms with Crippen molar-refractivity contribution in [2.24, 2.45) is 0 Å².